The lowest BCUT2D eigenvalue weighted by Crippen LogP contribution is -2.40. The number of carbonyl (C=O) groups excluding carboxylic acids is 2. The molecule has 9 nitrogen and oxygen atoms in total. The van der Waals surface area contributed by atoms with Crippen LogP contribution in [0.1, 0.15) is 48.0 Å². The number of carbonyl (C=O) groups is 2. The highest BCUT2D eigenvalue weighted by Gasteiger charge is 2.35. The molecule has 5 rings (SSSR count). The minimum Gasteiger partial charge on any atom is -0.454 e. The first-order valence-electron chi connectivity index (χ1n) is 12.1. The van der Waals surface area contributed by atoms with Gasteiger partial charge in [0.2, 0.25) is 15.9 Å². The van der Waals surface area contributed by atoms with Gasteiger partial charge in [0, 0.05) is 38.2 Å². The Balaban J connectivity index is 1.61. The summed E-state index contributed by atoms with van der Waals surface area (Å²) >= 11 is 0. The van der Waals surface area contributed by atoms with Crippen LogP contribution in [0.5, 0.6) is 11.5 Å². The molecule has 2 fully saturated rings. The number of sulfonamides is 1. The number of nitrogens with zero attached hydrogens (tertiary/aromatic N) is 2. The van der Waals surface area contributed by atoms with Crippen LogP contribution >= 0.6 is 0 Å². The van der Waals surface area contributed by atoms with Crippen LogP contribution in [-0.4, -0.2) is 50.7 Å². The van der Waals surface area contributed by atoms with Crippen LogP contribution in [0.4, 0.5) is 11.4 Å². The molecule has 186 valence electrons. The van der Waals surface area contributed by atoms with Crippen LogP contribution in [0.15, 0.2) is 35.2 Å². The molecule has 10 heteroatoms. The summed E-state index contributed by atoms with van der Waals surface area (Å²) in [6.07, 6.45) is 3.69. The van der Waals surface area contributed by atoms with Gasteiger partial charge in [-0.05, 0) is 56.4 Å². The molecule has 2 saturated heterocycles. The van der Waals surface area contributed by atoms with Crippen molar-refractivity contribution in [1.82, 2.24) is 4.31 Å². The maximum absolute atomic E-state index is 13.8. The molecule has 3 N–H and O–H groups in total. The van der Waals surface area contributed by atoms with Crippen LogP contribution in [0.2, 0.25) is 0 Å². The van der Waals surface area contributed by atoms with E-state index in [9.17, 15) is 18.0 Å². The zero-order chi connectivity index (χ0) is 24.7. The Bertz CT molecular complexity index is 1280. The van der Waals surface area contributed by atoms with E-state index in [2.05, 4.69) is 5.32 Å². The number of benzene rings is 2. The normalized spacial score (nSPS) is 19.2. The highest BCUT2D eigenvalue weighted by Crippen LogP contribution is 2.42. The summed E-state index contributed by atoms with van der Waals surface area (Å²) in [7, 11) is -3.85. The van der Waals surface area contributed by atoms with Crippen LogP contribution < -0.4 is 20.7 Å². The SMILES string of the molecule is Cc1ccc2c(c1)NC(=O)c1cc(S(=O)(=O)N3CCCCC3)c(N3CCC(C(N)=O)CC3)cc1O2. The number of fused-ring (bicyclic) bond motifs is 2. The van der Waals surface area contributed by atoms with Crippen LogP contribution in [0, 0.1) is 12.8 Å². The van der Waals surface area contributed by atoms with Gasteiger partial charge in [0.25, 0.3) is 5.91 Å². The van der Waals surface area contributed by atoms with E-state index in [0.29, 0.717) is 61.9 Å². The predicted octanol–water partition coefficient (Wildman–Crippen LogP) is 3.23. The number of hydrogen-bond donors (Lipinski definition) is 2. The molecule has 3 aliphatic rings. The molecular formula is C25H30N4O5S. The number of hydrogen-bond acceptors (Lipinski definition) is 6. The number of nitrogens with one attached hydrogen (secondary N) is 1. The van der Waals surface area contributed by atoms with Gasteiger partial charge in [-0.1, -0.05) is 12.5 Å². The van der Waals surface area contributed by atoms with E-state index in [1.807, 2.05) is 24.0 Å². The molecule has 0 aliphatic carbocycles. The summed E-state index contributed by atoms with van der Waals surface area (Å²) < 4.78 is 35.3. The number of rotatable bonds is 4. The molecule has 0 spiro atoms. The molecular weight excluding hydrogens is 468 g/mol. The van der Waals surface area contributed by atoms with E-state index < -0.39 is 15.9 Å². The van der Waals surface area contributed by atoms with Crippen molar-refractivity contribution in [3.8, 4) is 11.5 Å². The summed E-state index contributed by atoms with van der Waals surface area (Å²) in [5.74, 6) is -0.188. The Labute approximate surface area is 205 Å². The van der Waals surface area contributed by atoms with E-state index in [1.54, 1.807) is 12.1 Å². The number of ether oxygens (including phenoxy) is 1. The molecule has 3 aliphatic heterocycles. The van der Waals surface area contributed by atoms with Crippen molar-refractivity contribution >= 4 is 33.2 Å². The number of nitrogens with two attached hydrogens (primary N) is 1. The third-order valence-electron chi connectivity index (χ3n) is 7.08. The molecule has 0 aromatic heterocycles. The predicted molar refractivity (Wildman–Crippen MR) is 132 cm³/mol. The molecule has 2 amide bonds. The van der Waals surface area contributed by atoms with E-state index in [1.165, 1.54) is 10.4 Å². The van der Waals surface area contributed by atoms with Crippen molar-refractivity contribution in [2.24, 2.45) is 11.7 Å². The second-order valence-electron chi connectivity index (χ2n) is 9.50. The number of amides is 2. The summed E-state index contributed by atoms with van der Waals surface area (Å²) in [4.78, 5) is 26.9. The molecule has 2 aromatic carbocycles. The second-order valence-corrected chi connectivity index (χ2v) is 11.4. The Morgan fingerprint density at radius 2 is 1.74 bits per heavy atom. The van der Waals surface area contributed by atoms with Gasteiger partial charge in [0.15, 0.2) is 5.75 Å². The molecule has 0 radical (unpaired) electrons. The summed E-state index contributed by atoms with van der Waals surface area (Å²) in [5.41, 5.74) is 7.66. The highest BCUT2D eigenvalue weighted by molar-refractivity contribution is 7.89. The summed E-state index contributed by atoms with van der Waals surface area (Å²) in [6, 6.07) is 8.60. The molecule has 3 heterocycles. The van der Waals surface area contributed by atoms with Crippen molar-refractivity contribution in [2.75, 3.05) is 36.4 Å². The van der Waals surface area contributed by atoms with Crippen LogP contribution in [0.3, 0.4) is 0 Å². The van der Waals surface area contributed by atoms with Crippen LogP contribution in [-0.2, 0) is 14.8 Å². The average molecular weight is 499 g/mol. The fourth-order valence-corrected chi connectivity index (χ4v) is 6.79. The summed E-state index contributed by atoms with van der Waals surface area (Å²) in [5, 5.41) is 2.86. The fraction of sp³-hybridized carbons (Fsp3) is 0.440. The second kappa shape index (κ2) is 9.16. The van der Waals surface area contributed by atoms with E-state index in [-0.39, 0.29) is 22.3 Å². The minimum absolute atomic E-state index is 0.0940. The smallest absolute Gasteiger partial charge is 0.259 e. The van der Waals surface area contributed by atoms with Gasteiger partial charge in [-0.2, -0.15) is 4.31 Å². The first-order chi connectivity index (χ1) is 16.7. The first kappa shape index (κ1) is 23.6. The minimum atomic E-state index is -3.85. The standard InChI is InChI=1S/C25H30N4O5S/c1-16-5-6-21-19(13-16)27-25(31)18-14-23(35(32,33)29-9-3-2-4-10-29)20(15-22(18)34-21)28-11-7-17(8-12-28)24(26)30/h5-6,13-15,17H,2-4,7-12H2,1H3,(H2,26,30)(H,27,31). The molecule has 0 atom stereocenters. The molecule has 0 unspecified atom stereocenters. The van der Waals surface area contributed by atoms with Gasteiger partial charge in [-0.3, -0.25) is 9.59 Å². The molecule has 35 heavy (non-hydrogen) atoms. The Kier molecular flexibility index (Phi) is 6.18. The van der Waals surface area contributed by atoms with Gasteiger partial charge in [0.05, 0.1) is 16.9 Å². The fourth-order valence-electron chi connectivity index (χ4n) is 5.05. The first-order valence-corrected chi connectivity index (χ1v) is 13.5. The maximum Gasteiger partial charge on any atom is 0.259 e. The van der Waals surface area contributed by atoms with Crippen molar-refractivity contribution in [3.63, 3.8) is 0 Å². The molecule has 0 bridgehead atoms. The van der Waals surface area contributed by atoms with Crippen LogP contribution in [0.25, 0.3) is 0 Å². The van der Waals surface area contributed by atoms with Gasteiger partial charge >= 0.3 is 0 Å². The molecule has 0 saturated carbocycles. The molecule has 2 aromatic rings. The maximum atomic E-state index is 13.8. The van der Waals surface area contributed by atoms with Gasteiger partial charge in [0.1, 0.15) is 10.6 Å². The number of anilines is 2. The third-order valence-corrected chi connectivity index (χ3v) is 9.01. The van der Waals surface area contributed by atoms with E-state index in [4.69, 9.17) is 10.5 Å². The Morgan fingerprint density at radius 1 is 1.03 bits per heavy atom. The topological polar surface area (TPSA) is 122 Å². The lowest BCUT2D eigenvalue weighted by atomic mass is 9.96. The number of piperidine rings is 2. The van der Waals surface area contributed by atoms with Gasteiger partial charge in [-0.25, -0.2) is 8.42 Å². The van der Waals surface area contributed by atoms with Gasteiger partial charge < -0.3 is 20.7 Å². The Morgan fingerprint density at radius 3 is 2.43 bits per heavy atom. The van der Waals surface area contributed by atoms with Crippen molar-refractivity contribution in [1.29, 1.82) is 0 Å². The number of aryl methyl sites for hydroxylation is 1. The highest BCUT2D eigenvalue weighted by atomic mass is 32.2. The van der Waals surface area contributed by atoms with Crippen molar-refractivity contribution < 1.29 is 22.7 Å². The Hall–Kier alpha value is -3.11. The lowest BCUT2D eigenvalue weighted by Gasteiger charge is -2.35. The lowest BCUT2D eigenvalue weighted by molar-refractivity contribution is -0.122. The van der Waals surface area contributed by atoms with E-state index >= 15 is 0 Å². The zero-order valence-corrected chi connectivity index (χ0v) is 20.6. The largest absolute Gasteiger partial charge is 0.454 e. The zero-order valence-electron chi connectivity index (χ0n) is 19.7. The average Bonchev–Trinajstić information content (AvgIpc) is 2.99. The van der Waals surface area contributed by atoms with Gasteiger partial charge in [-0.15, -0.1) is 0 Å². The quantitative estimate of drug-likeness (QED) is 0.667. The van der Waals surface area contributed by atoms with E-state index in [0.717, 1.165) is 24.8 Å². The van der Waals surface area contributed by atoms with Crippen molar-refractivity contribution in [3.05, 3.63) is 41.5 Å². The monoisotopic (exact) mass is 498 g/mol. The van der Waals surface area contributed by atoms with Crippen molar-refractivity contribution in [2.45, 2.75) is 43.9 Å². The third kappa shape index (κ3) is 4.48. The summed E-state index contributed by atoms with van der Waals surface area (Å²) in [6.45, 7) is 3.79. The number of primary amides is 1.